The van der Waals surface area contributed by atoms with Crippen LogP contribution in [0.25, 0.3) is 11.1 Å². The van der Waals surface area contributed by atoms with Crippen LogP contribution in [0.4, 0.5) is 5.69 Å². The molecule has 2 aromatic rings. The van der Waals surface area contributed by atoms with Crippen LogP contribution in [0.2, 0.25) is 0 Å². The van der Waals surface area contributed by atoms with Crippen molar-refractivity contribution in [2.24, 2.45) is 0 Å². The van der Waals surface area contributed by atoms with E-state index in [4.69, 9.17) is 9.15 Å². The maximum Gasteiger partial charge on any atom is 0.197 e. The number of para-hydroxylation sites is 1. The second-order valence-electron chi connectivity index (χ2n) is 4.71. The van der Waals surface area contributed by atoms with E-state index in [1.54, 1.807) is 7.11 Å². The van der Waals surface area contributed by atoms with Crippen LogP contribution in [0.5, 0.6) is 0 Å². The van der Waals surface area contributed by atoms with Gasteiger partial charge in [-0.15, -0.1) is 0 Å². The van der Waals surface area contributed by atoms with Crippen LogP contribution >= 0.6 is 0 Å². The van der Waals surface area contributed by atoms with E-state index in [2.05, 4.69) is 21.3 Å². The molecule has 0 saturated carbocycles. The predicted octanol–water partition coefficient (Wildman–Crippen LogP) is 1.43. The maximum atomic E-state index is 5.90. The molecule has 0 unspecified atom stereocenters. The number of benzene rings is 1. The number of methoxy groups -OCH3 is 1. The summed E-state index contributed by atoms with van der Waals surface area (Å²) < 4.78 is 11.0. The van der Waals surface area contributed by atoms with Gasteiger partial charge >= 0.3 is 0 Å². The zero-order valence-corrected chi connectivity index (χ0v) is 11.2. The van der Waals surface area contributed by atoms with Crippen molar-refractivity contribution in [2.75, 3.05) is 44.8 Å². The molecule has 0 bridgehead atoms. The van der Waals surface area contributed by atoms with E-state index < -0.39 is 0 Å². The highest BCUT2D eigenvalue weighted by atomic mass is 16.5. The molecule has 1 N–H and O–H groups in total. The molecule has 0 radical (unpaired) electrons. The minimum absolute atomic E-state index is 0.635. The summed E-state index contributed by atoms with van der Waals surface area (Å²) in [7, 11) is 1.69. The van der Waals surface area contributed by atoms with Gasteiger partial charge in [0.1, 0.15) is 5.52 Å². The Kier molecular flexibility index (Phi) is 3.66. The third-order valence-electron chi connectivity index (χ3n) is 3.42. The molecule has 0 amide bonds. The summed E-state index contributed by atoms with van der Waals surface area (Å²) in [6.45, 7) is 4.68. The normalized spacial score (nSPS) is 16.2. The van der Waals surface area contributed by atoms with E-state index in [-0.39, 0.29) is 0 Å². The summed E-state index contributed by atoms with van der Waals surface area (Å²) in [6, 6.07) is 6.15. The molecule has 0 atom stereocenters. The lowest BCUT2D eigenvalue weighted by Crippen LogP contribution is -2.43. The van der Waals surface area contributed by atoms with Gasteiger partial charge in [0.15, 0.2) is 11.5 Å². The Morgan fingerprint density at radius 3 is 3.00 bits per heavy atom. The van der Waals surface area contributed by atoms with Gasteiger partial charge in [-0.1, -0.05) is 6.07 Å². The van der Waals surface area contributed by atoms with Gasteiger partial charge in [-0.25, -0.2) is 4.98 Å². The smallest absolute Gasteiger partial charge is 0.197 e. The summed E-state index contributed by atoms with van der Waals surface area (Å²) in [6.07, 6.45) is 0.714. The van der Waals surface area contributed by atoms with Gasteiger partial charge in [0.25, 0.3) is 0 Å². The number of nitrogens with one attached hydrogen (secondary N) is 1. The number of rotatable bonds is 4. The molecule has 1 aromatic carbocycles. The Morgan fingerprint density at radius 1 is 1.37 bits per heavy atom. The first kappa shape index (κ1) is 12.4. The van der Waals surface area contributed by atoms with Crippen molar-refractivity contribution < 1.29 is 9.15 Å². The highest BCUT2D eigenvalue weighted by Crippen LogP contribution is 2.28. The minimum atomic E-state index is 0.635. The Labute approximate surface area is 112 Å². The monoisotopic (exact) mass is 261 g/mol. The number of ether oxygens (including phenoxy) is 1. The lowest BCUT2D eigenvalue weighted by Gasteiger charge is -2.29. The Bertz CT molecular complexity index is 547. The van der Waals surface area contributed by atoms with Gasteiger partial charge in [-0.2, -0.15) is 0 Å². The number of hydrogen-bond acceptors (Lipinski definition) is 5. The van der Waals surface area contributed by atoms with Gasteiger partial charge < -0.3 is 19.4 Å². The van der Waals surface area contributed by atoms with E-state index in [9.17, 15) is 0 Å². The second-order valence-corrected chi connectivity index (χ2v) is 4.71. The van der Waals surface area contributed by atoms with Crippen molar-refractivity contribution in [3.8, 4) is 0 Å². The summed E-state index contributed by atoms with van der Waals surface area (Å²) in [5, 5.41) is 3.36. The Hall–Kier alpha value is -1.59. The molecule has 2 heterocycles. The van der Waals surface area contributed by atoms with Crippen LogP contribution in [0.3, 0.4) is 0 Å². The molecule has 3 rings (SSSR count). The zero-order chi connectivity index (χ0) is 13.1. The van der Waals surface area contributed by atoms with Gasteiger partial charge in [-0.05, 0) is 12.1 Å². The number of oxazole rings is 1. The van der Waals surface area contributed by atoms with E-state index in [1.165, 1.54) is 0 Å². The Morgan fingerprint density at radius 2 is 2.21 bits per heavy atom. The summed E-state index contributed by atoms with van der Waals surface area (Å²) in [5.74, 6) is 0.749. The van der Waals surface area contributed by atoms with Crippen molar-refractivity contribution in [1.82, 2.24) is 10.3 Å². The molecule has 102 valence electrons. The molecule has 0 spiro atoms. The van der Waals surface area contributed by atoms with Crippen LogP contribution in [-0.2, 0) is 11.2 Å². The lowest BCUT2D eigenvalue weighted by molar-refractivity contribution is 0.196. The largest absolute Gasteiger partial charge is 0.438 e. The summed E-state index contributed by atoms with van der Waals surface area (Å²) in [5.41, 5.74) is 2.98. The van der Waals surface area contributed by atoms with Crippen molar-refractivity contribution in [2.45, 2.75) is 6.42 Å². The molecule has 1 aliphatic heterocycles. The highest BCUT2D eigenvalue weighted by molar-refractivity contribution is 5.86. The molecule has 19 heavy (non-hydrogen) atoms. The van der Waals surface area contributed by atoms with Gasteiger partial charge in [0.2, 0.25) is 0 Å². The van der Waals surface area contributed by atoms with Crippen LogP contribution in [-0.4, -0.2) is 44.9 Å². The molecule has 1 fully saturated rings. The molecule has 1 saturated heterocycles. The highest BCUT2D eigenvalue weighted by Gasteiger charge is 2.16. The molecule has 0 aliphatic carbocycles. The van der Waals surface area contributed by atoms with Crippen molar-refractivity contribution in [3.05, 3.63) is 24.1 Å². The minimum Gasteiger partial charge on any atom is -0.438 e. The first-order chi connectivity index (χ1) is 9.38. The van der Waals surface area contributed by atoms with Crippen LogP contribution < -0.4 is 10.2 Å². The average molecular weight is 261 g/mol. The van der Waals surface area contributed by atoms with E-state index in [0.29, 0.717) is 13.0 Å². The van der Waals surface area contributed by atoms with Crippen molar-refractivity contribution in [1.29, 1.82) is 0 Å². The first-order valence-corrected chi connectivity index (χ1v) is 6.71. The van der Waals surface area contributed by atoms with E-state index >= 15 is 0 Å². The number of hydrogen-bond donors (Lipinski definition) is 1. The van der Waals surface area contributed by atoms with Crippen molar-refractivity contribution in [3.63, 3.8) is 0 Å². The third-order valence-corrected chi connectivity index (χ3v) is 3.42. The quantitative estimate of drug-likeness (QED) is 0.902. The van der Waals surface area contributed by atoms with E-state index in [1.807, 2.05) is 12.1 Å². The fourth-order valence-corrected chi connectivity index (χ4v) is 2.43. The maximum absolute atomic E-state index is 5.90. The third kappa shape index (κ3) is 2.57. The topological polar surface area (TPSA) is 50.5 Å². The standard InChI is InChI=1S/C14H19N3O2/c1-18-10-5-13-16-11-3-2-4-12(14(11)19-13)17-8-6-15-7-9-17/h2-4,15H,5-10H2,1H3. The molecule has 1 aromatic heterocycles. The number of nitrogens with zero attached hydrogens (tertiary/aromatic N) is 2. The first-order valence-electron chi connectivity index (χ1n) is 6.71. The molecule has 5 nitrogen and oxygen atoms in total. The van der Waals surface area contributed by atoms with Crippen molar-refractivity contribution >= 4 is 16.8 Å². The SMILES string of the molecule is COCCc1nc2cccc(N3CCNCC3)c2o1. The summed E-state index contributed by atoms with van der Waals surface area (Å²) >= 11 is 0. The molecule has 5 heteroatoms. The van der Waals surface area contributed by atoms with Gasteiger partial charge in [0, 0.05) is 39.7 Å². The summed E-state index contributed by atoms with van der Waals surface area (Å²) in [4.78, 5) is 6.87. The van der Waals surface area contributed by atoms with Crippen LogP contribution in [0, 0.1) is 0 Å². The molecular formula is C14H19N3O2. The zero-order valence-electron chi connectivity index (χ0n) is 11.2. The van der Waals surface area contributed by atoms with Gasteiger partial charge in [0.05, 0.1) is 12.3 Å². The predicted molar refractivity (Wildman–Crippen MR) is 74.7 cm³/mol. The Balaban J connectivity index is 1.92. The second kappa shape index (κ2) is 5.59. The fraction of sp³-hybridized carbons (Fsp3) is 0.500. The van der Waals surface area contributed by atoms with Crippen LogP contribution in [0.15, 0.2) is 22.6 Å². The number of aromatic nitrogens is 1. The average Bonchev–Trinajstić information content (AvgIpc) is 2.88. The van der Waals surface area contributed by atoms with Crippen LogP contribution in [0.1, 0.15) is 5.89 Å². The van der Waals surface area contributed by atoms with E-state index in [0.717, 1.165) is 48.9 Å². The van der Waals surface area contributed by atoms with Gasteiger partial charge in [-0.3, -0.25) is 0 Å². The molecular weight excluding hydrogens is 242 g/mol. The number of fused-ring (bicyclic) bond motifs is 1. The number of piperazine rings is 1. The lowest BCUT2D eigenvalue weighted by atomic mass is 10.2. The fourth-order valence-electron chi connectivity index (χ4n) is 2.43. The number of anilines is 1. The molecule has 1 aliphatic rings.